The first-order valence-corrected chi connectivity index (χ1v) is 22.9. The molecule has 5 heterocycles. The van der Waals surface area contributed by atoms with E-state index in [-0.39, 0.29) is 36.9 Å². The van der Waals surface area contributed by atoms with Crippen LogP contribution in [0.1, 0.15) is 90.7 Å². The Balaban J connectivity index is 0.000000694. The third-order valence-electron chi connectivity index (χ3n) is 12.9. The molecule has 3 aliphatic heterocycles. The number of cyclic esters (lactones) is 1. The first-order chi connectivity index (χ1) is 31.0. The SMILES string of the molecule is C=CC(=O)N1CCC1C.CCn1c(-c2cccnc2C(C)OC)c2c3cc(ccc31)-c1cccc(c1)CC(NC(=O)C(C(C)C)N(C)C=O)C(=O)N1CCC[C@H](N1)C(=O)OCC(C)(C)C2. The topological polar surface area (TPSA) is 155 Å². The molecule has 4 amide bonds. The Morgan fingerprint density at radius 3 is 2.46 bits per heavy atom. The van der Waals surface area contributed by atoms with Crippen molar-refractivity contribution in [2.45, 2.75) is 117 Å². The Morgan fingerprint density at radius 2 is 1.83 bits per heavy atom. The number of benzene rings is 2. The van der Waals surface area contributed by atoms with Crippen LogP contribution >= 0.6 is 0 Å². The van der Waals surface area contributed by atoms with Crippen LogP contribution in [0.5, 0.6) is 0 Å². The summed E-state index contributed by atoms with van der Waals surface area (Å²) in [7, 11) is 3.25. The number of hydrogen-bond acceptors (Lipinski definition) is 9. The van der Waals surface area contributed by atoms with Crippen LogP contribution < -0.4 is 10.7 Å². The highest BCUT2D eigenvalue weighted by molar-refractivity contribution is 5.96. The molecule has 348 valence electrons. The van der Waals surface area contributed by atoms with E-state index in [9.17, 15) is 24.0 Å². The van der Waals surface area contributed by atoms with E-state index in [0.29, 0.717) is 38.3 Å². The number of amides is 4. The number of likely N-dealkylation sites (tertiary alicyclic amines) is 1. The minimum atomic E-state index is -0.975. The number of aryl methyl sites for hydroxylation is 1. The van der Waals surface area contributed by atoms with Gasteiger partial charge < -0.3 is 29.2 Å². The molecule has 2 fully saturated rings. The molecule has 2 aromatic heterocycles. The van der Waals surface area contributed by atoms with E-state index < -0.39 is 35.4 Å². The Labute approximate surface area is 383 Å². The van der Waals surface area contributed by atoms with Crippen LogP contribution in [0.25, 0.3) is 33.3 Å². The van der Waals surface area contributed by atoms with Gasteiger partial charge in [0.15, 0.2) is 0 Å². The number of rotatable bonds is 10. The van der Waals surface area contributed by atoms with Gasteiger partial charge in [-0.05, 0) is 105 Å². The molecule has 3 aliphatic rings. The molecule has 7 rings (SSSR count). The summed E-state index contributed by atoms with van der Waals surface area (Å²) in [6.45, 7) is 19.7. The Morgan fingerprint density at radius 1 is 1.08 bits per heavy atom. The molecule has 0 spiro atoms. The monoisotopic (exact) mass is 890 g/mol. The van der Waals surface area contributed by atoms with E-state index in [0.717, 1.165) is 69.6 Å². The number of ether oxygens (including phenoxy) is 2. The second-order valence-electron chi connectivity index (χ2n) is 18.7. The third kappa shape index (κ3) is 10.8. The number of methoxy groups -OCH3 is 1. The predicted octanol–water partition coefficient (Wildman–Crippen LogP) is 6.65. The van der Waals surface area contributed by atoms with Crippen molar-refractivity contribution in [1.29, 1.82) is 0 Å². The van der Waals surface area contributed by atoms with Gasteiger partial charge in [-0.15, -0.1) is 0 Å². The average molecular weight is 890 g/mol. The minimum Gasteiger partial charge on any atom is -0.464 e. The molecule has 0 radical (unpaired) electrons. The number of aromatic nitrogens is 2. The zero-order valence-electron chi connectivity index (χ0n) is 39.6. The van der Waals surface area contributed by atoms with Crippen molar-refractivity contribution in [2.24, 2.45) is 11.3 Å². The Hall–Kier alpha value is -5.86. The number of hydrogen-bond donors (Lipinski definition) is 2. The first-order valence-electron chi connectivity index (χ1n) is 22.9. The minimum absolute atomic E-state index is 0.0637. The average Bonchev–Trinajstić information content (AvgIpc) is 3.60. The number of carbonyl (C=O) groups is 5. The largest absolute Gasteiger partial charge is 0.464 e. The maximum absolute atomic E-state index is 14.3. The van der Waals surface area contributed by atoms with Gasteiger partial charge in [0.2, 0.25) is 18.2 Å². The highest BCUT2D eigenvalue weighted by atomic mass is 16.5. The van der Waals surface area contributed by atoms with Gasteiger partial charge in [0.25, 0.3) is 5.91 Å². The molecule has 65 heavy (non-hydrogen) atoms. The highest BCUT2D eigenvalue weighted by Gasteiger charge is 2.37. The molecule has 4 unspecified atom stereocenters. The van der Waals surface area contributed by atoms with Crippen molar-refractivity contribution in [3.8, 4) is 22.4 Å². The standard InChI is InChI=1S/C44H56N6O6.C7H11NO/c1-9-49-37-18-17-31-23-33(37)34(40(49)32-15-11-19-45-38(32)28(4)55-8)24-44(5,6)25-56-43(54)35-16-12-20-50(47-35)42(53)36(22-29-13-10-14-30(31)21-29)46-41(52)39(27(2)3)48(7)26-51;1-3-7(9)8-5-4-6(8)2/h10-11,13-15,17-19,21,23,26-28,35-36,39,47H,9,12,16,20,22,24-25H2,1-8H3,(H,46,52);3,6H,1,4-5H2,2H3/t28?,35-,36?,39?;/m0./s1. The quantitative estimate of drug-likeness (QED) is 0.101. The van der Waals surface area contributed by atoms with E-state index in [4.69, 9.17) is 14.5 Å². The van der Waals surface area contributed by atoms with Gasteiger partial charge in [0, 0.05) is 74.3 Å². The van der Waals surface area contributed by atoms with Crippen LogP contribution in [0.2, 0.25) is 0 Å². The van der Waals surface area contributed by atoms with Crippen molar-refractivity contribution in [3.63, 3.8) is 0 Å². The highest BCUT2D eigenvalue weighted by Crippen LogP contribution is 2.42. The molecule has 2 aromatic carbocycles. The molecule has 6 bridgehead atoms. The fraction of sp³-hybridized carbons (Fsp3) is 0.490. The maximum atomic E-state index is 14.3. The summed E-state index contributed by atoms with van der Waals surface area (Å²) in [6.07, 6.45) is 6.58. The number of pyridine rings is 1. The molecule has 0 aliphatic carbocycles. The first kappa shape index (κ1) is 48.6. The zero-order valence-corrected chi connectivity index (χ0v) is 39.6. The lowest BCUT2D eigenvalue weighted by Crippen LogP contribution is -2.61. The van der Waals surface area contributed by atoms with E-state index in [1.54, 1.807) is 20.4 Å². The maximum Gasteiger partial charge on any atom is 0.324 e. The molecule has 14 nitrogen and oxygen atoms in total. The van der Waals surface area contributed by atoms with Crippen LogP contribution in [0.4, 0.5) is 0 Å². The molecular formula is C51H67N7O7. The second kappa shape index (κ2) is 21.0. The van der Waals surface area contributed by atoms with Crippen molar-refractivity contribution in [3.05, 3.63) is 90.3 Å². The number of carbonyl (C=O) groups excluding carboxylic acids is 5. The molecule has 0 saturated carbocycles. The molecule has 2 N–H and O–H groups in total. The lowest BCUT2D eigenvalue weighted by atomic mass is 9.84. The molecular weight excluding hydrogens is 823 g/mol. The number of esters is 1. The fourth-order valence-electron chi connectivity index (χ4n) is 9.23. The fourth-order valence-corrected chi connectivity index (χ4v) is 9.23. The van der Waals surface area contributed by atoms with Crippen LogP contribution in [0, 0.1) is 11.3 Å². The number of nitrogens with one attached hydrogen (secondary N) is 2. The predicted molar refractivity (Wildman–Crippen MR) is 252 cm³/mol. The molecule has 5 atom stereocenters. The summed E-state index contributed by atoms with van der Waals surface area (Å²) >= 11 is 0. The Kier molecular flexibility index (Phi) is 15.7. The molecule has 2 saturated heterocycles. The number of hydrazine groups is 1. The number of likely N-dealkylation sites (N-methyl/N-ethyl adjacent to an activating group) is 1. The second-order valence-corrected chi connectivity index (χ2v) is 18.7. The van der Waals surface area contributed by atoms with Gasteiger partial charge in [-0.1, -0.05) is 64.6 Å². The van der Waals surface area contributed by atoms with Gasteiger partial charge in [-0.3, -0.25) is 34.0 Å². The normalized spacial score (nSPS) is 20.6. The zero-order chi connectivity index (χ0) is 47.2. The summed E-state index contributed by atoms with van der Waals surface area (Å²) in [5, 5.41) is 5.52. The van der Waals surface area contributed by atoms with Gasteiger partial charge in [0.05, 0.1) is 24.1 Å². The van der Waals surface area contributed by atoms with Crippen LogP contribution in [-0.2, 0) is 52.8 Å². The molecule has 14 heteroatoms. The van der Waals surface area contributed by atoms with Gasteiger partial charge in [-0.2, -0.15) is 0 Å². The number of fused-ring (bicyclic) bond motifs is 6. The summed E-state index contributed by atoms with van der Waals surface area (Å²) in [6, 6.07) is 16.6. The van der Waals surface area contributed by atoms with Crippen molar-refractivity contribution < 1.29 is 33.4 Å². The van der Waals surface area contributed by atoms with Crippen molar-refractivity contribution in [2.75, 3.05) is 33.9 Å². The van der Waals surface area contributed by atoms with Gasteiger partial charge in [-0.25, -0.2) is 5.43 Å². The summed E-state index contributed by atoms with van der Waals surface area (Å²) < 4.78 is 14.2. The van der Waals surface area contributed by atoms with Gasteiger partial charge >= 0.3 is 5.97 Å². The summed E-state index contributed by atoms with van der Waals surface area (Å²) in [5.41, 5.74) is 10.6. The van der Waals surface area contributed by atoms with E-state index in [1.165, 1.54) is 16.0 Å². The summed E-state index contributed by atoms with van der Waals surface area (Å²) in [4.78, 5) is 72.3. The smallest absolute Gasteiger partial charge is 0.324 e. The van der Waals surface area contributed by atoms with E-state index in [2.05, 4.69) is 79.1 Å². The Bertz CT molecular complexity index is 2390. The third-order valence-corrected chi connectivity index (χ3v) is 12.9. The lowest BCUT2D eigenvalue weighted by molar-refractivity contribution is -0.155. The van der Waals surface area contributed by atoms with Gasteiger partial charge in [0.1, 0.15) is 18.1 Å². The van der Waals surface area contributed by atoms with Crippen LogP contribution in [0.15, 0.2) is 73.4 Å². The van der Waals surface area contributed by atoms with E-state index in [1.807, 2.05) is 50.8 Å². The van der Waals surface area contributed by atoms with Crippen LogP contribution in [-0.4, -0.2) is 112 Å². The van der Waals surface area contributed by atoms with E-state index >= 15 is 0 Å². The summed E-state index contributed by atoms with van der Waals surface area (Å²) in [5.74, 6) is -1.35. The van der Waals surface area contributed by atoms with Crippen LogP contribution in [0.3, 0.4) is 0 Å². The van der Waals surface area contributed by atoms with Crippen molar-refractivity contribution in [1.82, 2.24) is 35.1 Å². The lowest BCUT2D eigenvalue weighted by Gasteiger charge is -2.37. The molecule has 4 aromatic rings. The number of nitrogens with zero attached hydrogens (tertiary/aromatic N) is 5. The van der Waals surface area contributed by atoms with Crippen molar-refractivity contribution >= 4 is 41.0 Å².